The normalized spacial score (nSPS) is 19.7. The fourth-order valence-electron chi connectivity index (χ4n) is 5.22. The van der Waals surface area contributed by atoms with Crippen LogP contribution in [0.4, 0.5) is 17.2 Å². The quantitative estimate of drug-likeness (QED) is 0.710. The summed E-state index contributed by atoms with van der Waals surface area (Å²) in [4.78, 5) is 30.2. The Morgan fingerprint density at radius 3 is 2.74 bits per heavy atom. The zero-order chi connectivity index (χ0) is 24.5. The molecule has 1 aliphatic carbocycles. The number of aryl methyl sites for hydroxylation is 2. The summed E-state index contributed by atoms with van der Waals surface area (Å²) in [6.07, 6.45) is 7.97. The molecule has 1 saturated heterocycles. The molecule has 0 saturated carbocycles. The number of nitrogens with zero attached hydrogens (tertiary/aromatic N) is 4. The van der Waals surface area contributed by atoms with Gasteiger partial charge in [0.05, 0.1) is 30.0 Å². The van der Waals surface area contributed by atoms with Gasteiger partial charge in [0, 0.05) is 45.2 Å². The summed E-state index contributed by atoms with van der Waals surface area (Å²) >= 11 is 0. The topological polar surface area (TPSA) is 82.5 Å². The van der Waals surface area contributed by atoms with E-state index in [4.69, 9.17) is 0 Å². The predicted molar refractivity (Wildman–Crippen MR) is 137 cm³/mol. The average Bonchev–Trinajstić information content (AvgIpc) is 3.11. The van der Waals surface area contributed by atoms with E-state index in [1.165, 1.54) is 5.57 Å². The maximum atomic E-state index is 13.8. The van der Waals surface area contributed by atoms with Gasteiger partial charge < -0.3 is 20.4 Å². The molecule has 1 aromatic heterocycles. The lowest BCUT2D eigenvalue weighted by atomic mass is 9.88. The molecule has 0 spiro atoms. The van der Waals surface area contributed by atoms with Gasteiger partial charge in [0.15, 0.2) is 0 Å². The second-order valence-electron chi connectivity index (χ2n) is 9.76. The molecule has 1 aromatic carbocycles. The van der Waals surface area contributed by atoms with Crippen LogP contribution < -0.4 is 15.5 Å². The van der Waals surface area contributed by atoms with E-state index >= 15 is 0 Å². The van der Waals surface area contributed by atoms with Crippen molar-refractivity contribution < 1.29 is 9.59 Å². The number of nitrogens with one attached hydrogen (secondary N) is 2. The van der Waals surface area contributed by atoms with Crippen LogP contribution in [0.25, 0.3) is 0 Å². The number of amides is 2. The molecule has 1 atom stereocenters. The third-order valence-electron chi connectivity index (χ3n) is 7.28. The average molecular weight is 475 g/mol. The first kappa shape index (κ1) is 23.4. The van der Waals surface area contributed by atoms with E-state index in [-0.39, 0.29) is 17.7 Å². The minimum absolute atomic E-state index is 0.0835. The number of allylic oxidation sites excluding steroid dienone is 3. The van der Waals surface area contributed by atoms with Crippen molar-refractivity contribution >= 4 is 29.0 Å². The Labute approximate surface area is 206 Å². The van der Waals surface area contributed by atoms with Crippen LogP contribution in [0.2, 0.25) is 0 Å². The largest absolute Gasteiger partial charge is 0.340 e. The number of fused-ring (bicyclic) bond motifs is 2. The standard InChI is InChI=1S/C27H34N6O2/c1-18-4-8-24-23(14-18)30-26-22(16-29-31(26)3)17-33(24)27(35)21-6-5-20(19(2)15-21)7-9-25(34)32-12-10-28-11-13-32/h4-5,8,14-16,21,28,30H,6-7,9-13,17H2,1-3H3. The zero-order valence-corrected chi connectivity index (χ0v) is 20.8. The highest BCUT2D eigenvalue weighted by Crippen LogP contribution is 2.38. The van der Waals surface area contributed by atoms with Crippen molar-refractivity contribution in [1.82, 2.24) is 20.0 Å². The van der Waals surface area contributed by atoms with Crippen molar-refractivity contribution in [3.8, 4) is 0 Å². The monoisotopic (exact) mass is 474 g/mol. The number of hydrogen-bond donors (Lipinski definition) is 2. The molecule has 35 heavy (non-hydrogen) atoms. The van der Waals surface area contributed by atoms with Gasteiger partial charge in [-0.15, -0.1) is 0 Å². The van der Waals surface area contributed by atoms with Crippen LogP contribution in [0.5, 0.6) is 0 Å². The van der Waals surface area contributed by atoms with Crippen molar-refractivity contribution in [3.05, 3.63) is 58.8 Å². The van der Waals surface area contributed by atoms with Crippen molar-refractivity contribution in [2.24, 2.45) is 13.0 Å². The molecule has 0 bridgehead atoms. The number of hydrogen-bond acceptors (Lipinski definition) is 5. The summed E-state index contributed by atoms with van der Waals surface area (Å²) < 4.78 is 1.82. The lowest BCUT2D eigenvalue weighted by Gasteiger charge is -2.29. The number of carbonyl (C=O) groups is 2. The highest BCUT2D eigenvalue weighted by atomic mass is 16.2. The Bertz CT molecular complexity index is 1200. The van der Waals surface area contributed by atoms with E-state index in [1.807, 2.05) is 39.9 Å². The van der Waals surface area contributed by atoms with E-state index in [9.17, 15) is 9.59 Å². The summed E-state index contributed by atoms with van der Waals surface area (Å²) in [6, 6.07) is 6.15. The van der Waals surface area contributed by atoms with Crippen LogP contribution in [-0.4, -0.2) is 52.7 Å². The first-order valence-corrected chi connectivity index (χ1v) is 12.5. The van der Waals surface area contributed by atoms with Gasteiger partial charge in [0.2, 0.25) is 11.8 Å². The van der Waals surface area contributed by atoms with Gasteiger partial charge in [-0.3, -0.25) is 14.3 Å². The Balaban J connectivity index is 1.31. The second kappa shape index (κ2) is 9.70. The molecular formula is C27H34N6O2. The Morgan fingerprint density at radius 2 is 1.97 bits per heavy atom. The third kappa shape index (κ3) is 4.75. The Kier molecular flexibility index (Phi) is 6.47. The summed E-state index contributed by atoms with van der Waals surface area (Å²) in [5.74, 6) is 0.989. The number of piperazine rings is 1. The van der Waals surface area contributed by atoms with Crippen LogP contribution in [-0.2, 0) is 23.2 Å². The molecule has 1 fully saturated rings. The second-order valence-corrected chi connectivity index (χ2v) is 9.76. The van der Waals surface area contributed by atoms with Gasteiger partial charge in [-0.2, -0.15) is 5.10 Å². The lowest BCUT2D eigenvalue weighted by molar-refractivity contribution is -0.131. The van der Waals surface area contributed by atoms with E-state index < -0.39 is 0 Å². The predicted octanol–water partition coefficient (Wildman–Crippen LogP) is 3.42. The van der Waals surface area contributed by atoms with Crippen molar-refractivity contribution in [2.45, 2.75) is 39.7 Å². The number of rotatable bonds is 4. The molecule has 3 aliphatic rings. The molecule has 184 valence electrons. The zero-order valence-electron chi connectivity index (χ0n) is 20.8. The smallest absolute Gasteiger partial charge is 0.234 e. The molecule has 2 aromatic rings. The highest BCUT2D eigenvalue weighted by Gasteiger charge is 2.31. The molecule has 2 aliphatic heterocycles. The van der Waals surface area contributed by atoms with Crippen molar-refractivity contribution in [2.75, 3.05) is 36.4 Å². The molecule has 0 radical (unpaired) electrons. The van der Waals surface area contributed by atoms with Crippen LogP contribution in [0, 0.1) is 12.8 Å². The molecular weight excluding hydrogens is 440 g/mol. The van der Waals surface area contributed by atoms with Gasteiger partial charge in [-0.25, -0.2) is 0 Å². The van der Waals surface area contributed by atoms with Crippen LogP contribution >= 0.6 is 0 Å². The number of carbonyl (C=O) groups excluding carboxylic acids is 2. The third-order valence-corrected chi connectivity index (χ3v) is 7.28. The van der Waals surface area contributed by atoms with Crippen LogP contribution in [0.15, 0.2) is 47.7 Å². The van der Waals surface area contributed by atoms with Crippen LogP contribution in [0.1, 0.15) is 37.3 Å². The maximum Gasteiger partial charge on any atom is 0.234 e. The molecule has 2 N–H and O–H groups in total. The number of aromatic nitrogens is 2. The van der Waals surface area contributed by atoms with E-state index in [0.29, 0.717) is 19.4 Å². The van der Waals surface area contributed by atoms with Crippen LogP contribution in [0.3, 0.4) is 0 Å². The summed E-state index contributed by atoms with van der Waals surface area (Å²) in [6.45, 7) is 7.89. The molecule has 8 nitrogen and oxygen atoms in total. The Morgan fingerprint density at radius 1 is 1.17 bits per heavy atom. The lowest BCUT2D eigenvalue weighted by Crippen LogP contribution is -2.46. The fourth-order valence-corrected chi connectivity index (χ4v) is 5.22. The number of benzene rings is 1. The minimum atomic E-state index is -0.227. The minimum Gasteiger partial charge on any atom is -0.340 e. The highest BCUT2D eigenvalue weighted by molar-refractivity contribution is 6.00. The van der Waals surface area contributed by atoms with E-state index in [1.54, 1.807) is 0 Å². The molecule has 5 rings (SSSR count). The first-order chi connectivity index (χ1) is 16.9. The van der Waals surface area contributed by atoms with Gasteiger partial charge in [0.25, 0.3) is 0 Å². The fraction of sp³-hybridized carbons (Fsp3) is 0.444. The van der Waals surface area contributed by atoms with Gasteiger partial charge >= 0.3 is 0 Å². The maximum absolute atomic E-state index is 13.8. The van der Waals surface area contributed by atoms with Gasteiger partial charge in [-0.05, 0) is 50.0 Å². The summed E-state index contributed by atoms with van der Waals surface area (Å²) in [5.41, 5.74) is 6.21. The van der Waals surface area contributed by atoms with E-state index in [0.717, 1.165) is 66.5 Å². The van der Waals surface area contributed by atoms with Gasteiger partial charge in [-0.1, -0.05) is 23.8 Å². The molecule has 3 heterocycles. The summed E-state index contributed by atoms with van der Waals surface area (Å²) in [5, 5.41) is 11.2. The molecule has 1 unspecified atom stereocenters. The van der Waals surface area contributed by atoms with Crippen molar-refractivity contribution in [3.63, 3.8) is 0 Å². The molecule has 2 amide bonds. The number of anilines is 3. The summed E-state index contributed by atoms with van der Waals surface area (Å²) in [7, 11) is 1.91. The van der Waals surface area contributed by atoms with Gasteiger partial charge in [0.1, 0.15) is 5.82 Å². The van der Waals surface area contributed by atoms with E-state index in [2.05, 4.69) is 47.8 Å². The van der Waals surface area contributed by atoms with Crippen molar-refractivity contribution in [1.29, 1.82) is 0 Å². The SMILES string of the molecule is CC1=CC(C(=O)N2Cc3cnn(C)c3Nc3cc(C)ccc32)CC=C1CCC(=O)N1CCNCC1. The Hall–Kier alpha value is -3.39. The first-order valence-electron chi connectivity index (χ1n) is 12.5. The molecule has 8 heteroatoms.